The van der Waals surface area contributed by atoms with E-state index in [1.807, 2.05) is 0 Å². The highest BCUT2D eigenvalue weighted by molar-refractivity contribution is 6.10. The van der Waals surface area contributed by atoms with Crippen LogP contribution in [-0.4, -0.2) is 47.4 Å². The van der Waals surface area contributed by atoms with Crippen molar-refractivity contribution in [3.05, 3.63) is 0 Å². The van der Waals surface area contributed by atoms with E-state index in [2.05, 4.69) is 10.5 Å². The van der Waals surface area contributed by atoms with Crippen LogP contribution in [0.25, 0.3) is 0 Å². The molecular formula is C10H16N4O3. The Bertz CT molecular complexity index is 376. The van der Waals surface area contributed by atoms with Crippen LogP contribution in [0.4, 0.5) is 0 Å². The summed E-state index contributed by atoms with van der Waals surface area (Å²) in [6.07, 6.45) is 1.89. The van der Waals surface area contributed by atoms with Gasteiger partial charge in [-0.05, 0) is 19.3 Å². The van der Waals surface area contributed by atoms with Gasteiger partial charge in [0.05, 0.1) is 6.54 Å². The molecule has 94 valence electrons. The van der Waals surface area contributed by atoms with Crippen molar-refractivity contribution in [2.75, 3.05) is 19.6 Å². The van der Waals surface area contributed by atoms with E-state index in [9.17, 15) is 9.59 Å². The summed E-state index contributed by atoms with van der Waals surface area (Å²) in [4.78, 5) is 25.1. The highest BCUT2D eigenvalue weighted by Gasteiger charge is 2.56. The van der Waals surface area contributed by atoms with Crippen LogP contribution in [0.3, 0.4) is 0 Å². The molecule has 17 heavy (non-hydrogen) atoms. The van der Waals surface area contributed by atoms with Crippen LogP contribution in [0.2, 0.25) is 0 Å². The fourth-order valence-electron chi connectivity index (χ4n) is 2.08. The number of rotatable bonds is 2. The maximum absolute atomic E-state index is 12.3. The molecule has 0 aromatic rings. The third-order valence-corrected chi connectivity index (χ3v) is 3.31. The standard InChI is InChI=1S/C10H16N4O3/c11-8(13-17)10(2-3-10)9(16)14-5-1-4-12-7(15)6-14/h17H,1-6H2,(H2,11,13)(H,12,15). The van der Waals surface area contributed by atoms with E-state index >= 15 is 0 Å². The molecule has 0 atom stereocenters. The van der Waals surface area contributed by atoms with Crippen LogP contribution in [0.5, 0.6) is 0 Å². The Morgan fingerprint density at radius 2 is 2.24 bits per heavy atom. The molecule has 2 rings (SSSR count). The summed E-state index contributed by atoms with van der Waals surface area (Å²) < 4.78 is 0. The summed E-state index contributed by atoms with van der Waals surface area (Å²) in [5.41, 5.74) is 4.68. The highest BCUT2D eigenvalue weighted by atomic mass is 16.4. The lowest BCUT2D eigenvalue weighted by Crippen LogP contribution is -2.46. The molecule has 7 heteroatoms. The van der Waals surface area contributed by atoms with E-state index < -0.39 is 5.41 Å². The maximum atomic E-state index is 12.3. The van der Waals surface area contributed by atoms with Gasteiger partial charge in [0.1, 0.15) is 5.41 Å². The molecule has 1 saturated heterocycles. The molecular weight excluding hydrogens is 224 g/mol. The first kappa shape index (κ1) is 11.7. The number of nitrogens with two attached hydrogens (primary N) is 1. The van der Waals surface area contributed by atoms with Gasteiger partial charge in [-0.3, -0.25) is 9.59 Å². The van der Waals surface area contributed by atoms with Crippen molar-refractivity contribution in [1.29, 1.82) is 0 Å². The van der Waals surface area contributed by atoms with Crippen LogP contribution in [-0.2, 0) is 9.59 Å². The molecule has 0 spiro atoms. The zero-order valence-corrected chi connectivity index (χ0v) is 9.48. The van der Waals surface area contributed by atoms with Gasteiger partial charge in [-0.1, -0.05) is 5.16 Å². The second-order valence-corrected chi connectivity index (χ2v) is 4.50. The number of hydrogen-bond donors (Lipinski definition) is 3. The van der Waals surface area contributed by atoms with Gasteiger partial charge in [-0.2, -0.15) is 0 Å². The quantitative estimate of drug-likeness (QED) is 0.245. The largest absolute Gasteiger partial charge is 0.409 e. The second kappa shape index (κ2) is 4.23. The zero-order valence-electron chi connectivity index (χ0n) is 9.48. The zero-order chi connectivity index (χ0) is 12.5. The van der Waals surface area contributed by atoms with Crippen molar-refractivity contribution < 1.29 is 14.8 Å². The topological polar surface area (TPSA) is 108 Å². The van der Waals surface area contributed by atoms with E-state index in [4.69, 9.17) is 10.9 Å². The predicted octanol–water partition coefficient (Wildman–Crippen LogP) is -1.14. The third kappa shape index (κ3) is 2.04. The summed E-state index contributed by atoms with van der Waals surface area (Å²) in [6, 6.07) is 0. The summed E-state index contributed by atoms with van der Waals surface area (Å²) in [6.45, 7) is 1.16. The van der Waals surface area contributed by atoms with E-state index in [1.165, 1.54) is 4.90 Å². The molecule has 2 fully saturated rings. The predicted molar refractivity (Wildman–Crippen MR) is 59.3 cm³/mol. The lowest BCUT2D eigenvalue weighted by Gasteiger charge is -2.24. The van der Waals surface area contributed by atoms with Crippen LogP contribution in [0, 0.1) is 5.41 Å². The minimum absolute atomic E-state index is 0.0489. The minimum Gasteiger partial charge on any atom is -0.409 e. The number of oxime groups is 1. The molecule has 0 aromatic carbocycles. The number of amidine groups is 1. The Morgan fingerprint density at radius 3 is 2.82 bits per heavy atom. The van der Waals surface area contributed by atoms with Crippen molar-refractivity contribution in [3.8, 4) is 0 Å². The molecule has 2 amide bonds. The van der Waals surface area contributed by atoms with Crippen molar-refractivity contribution in [2.45, 2.75) is 19.3 Å². The molecule has 1 aliphatic heterocycles. The van der Waals surface area contributed by atoms with Gasteiger partial charge in [0, 0.05) is 13.1 Å². The van der Waals surface area contributed by atoms with Gasteiger partial charge < -0.3 is 21.2 Å². The summed E-state index contributed by atoms with van der Waals surface area (Å²) >= 11 is 0. The fourth-order valence-corrected chi connectivity index (χ4v) is 2.08. The number of hydrogen-bond acceptors (Lipinski definition) is 4. The van der Waals surface area contributed by atoms with Gasteiger partial charge in [0.15, 0.2) is 5.84 Å². The Balaban J connectivity index is 2.11. The van der Waals surface area contributed by atoms with E-state index in [-0.39, 0.29) is 24.2 Å². The first-order valence-electron chi connectivity index (χ1n) is 5.64. The second-order valence-electron chi connectivity index (χ2n) is 4.50. The SMILES string of the molecule is NC(=NO)C1(C(=O)N2CCCNC(=O)C2)CC1. The maximum Gasteiger partial charge on any atom is 0.239 e. The average molecular weight is 240 g/mol. The number of nitrogens with zero attached hydrogens (tertiary/aromatic N) is 2. The normalized spacial score (nSPS) is 23.9. The summed E-state index contributed by atoms with van der Waals surface area (Å²) in [5, 5.41) is 14.3. The highest BCUT2D eigenvalue weighted by Crippen LogP contribution is 2.47. The summed E-state index contributed by atoms with van der Waals surface area (Å²) in [7, 11) is 0. The smallest absolute Gasteiger partial charge is 0.239 e. The van der Waals surface area contributed by atoms with Crippen LogP contribution >= 0.6 is 0 Å². The van der Waals surface area contributed by atoms with E-state index in [0.717, 1.165) is 6.42 Å². The van der Waals surface area contributed by atoms with Crippen LogP contribution in [0.15, 0.2) is 5.16 Å². The minimum atomic E-state index is -0.862. The first-order chi connectivity index (χ1) is 8.10. The lowest BCUT2D eigenvalue weighted by molar-refractivity contribution is -0.137. The number of carbonyl (C=O) groups is 2. The van der Waals surface area contributed by atoms with Crippen molar-refractivity contribution in [1.82, 2.24) is 10.2 Å². The van der Waals surface area contributed by atoms with Crippen molar-refractivity contribution >= 4 is 17.6 Å². The Kier molecular flexibility index (Phi) is 2.91. The molecule has 1 heterocycles. The van der Waals surface area contributed by atoms with Gasteiger partial charge >= 0.3 is 0 Å². The molecule has 2 aliphatic rings. The number of nitrogens with one attached hydrogen (secondary N) is 1. The molecule has 0 radical (unpaired) electrons. The Morgan fingerprint density at radius 1 is 1.53 bits per heavy atom. The first-order valence-corrected chi connectivity index (χ1v) is 5.64. The van der Waals surface area contributed by atoms with Gasteiger partial charge in [0.25, 0.3) is 0 Å². The summed E-state index contributed by atoms with van der Waals surface area (Å²) in [5.74, 6) is -0.414. The van der Waals surface area contributed by atoms with Crippen LogP contribution in [0.1, 0.15) is 19.3 Å². The monoisotopic (exact) mass is 240 g/mol. The van der Waals surface area contributed by atoms with Gasteiger partial charge in [0.2, 0.25) is 11.8 Å². The van der Waals surface area contributed by atoms with Crippen molar-refractivity contribution in [3.63, 3.8) is 0 Å². The Labute approximate surface area is 98.6 Å². The van der Waals surface area contributed by atoms with Gasteiger partial charge in [-0.15, -0.1) is 0 Å². The fraction of sp³-hybridized carbons (Fsp3) is 0.700. The van der Waals surface area contributed by atoms with Crippen molar-refractivity contribution in [2.24, 2.45) is 16.3 Å². The number of amides is 2. The molecule has 0 unspecified atom stereocenters. The van der Waals surface area contributed by atoms with E-state index in [0.29, 0.717) is 25.9 Å². The van der Waals surface area contributed by atoms with E-state index in [1.54, 1.807) is 0 Å². The molecule has 1 saturated carbocycles. The molecule has 4 N–H and O–H groups in total. The molecule has 0 aromatic heterocycles. The van der Waals surface area contributed by atoms with Crippen LogP contribution < -0.4 is 11.1 Å². The Hall–Kier alpha value is -1.79. The molecule has 0 bridgehead atoms. The molecule has 7 nitrogen and oxygen atoms in total. The number of carbonyl (C=O) groups excluding carboxylic acids is 2. The average Bonchev–Trinajstić information content (AvgIpc) is 3.12. The third-order valence-electron chi connectivity index (χ3n) is 3.31. The molecule has 1 aliphatic carbocycles. The van der Waals surface area contributed by atoms with Gasteiger partial charge in [-0.25, -0.2) is 0 Å². The lowest BCUT2D eigenvalue weighted by atomic mass is 10.0.